The van der Waals surface area contributed by atoms with Crippen LogP contribution in [0.25, 0.3) is 0 Å². The number of aliphatic hydroxyl groups excluding tert-OH is 1. The summed E-state index contributed by atoms with van der Waals surface area (Å²) < 4.78 is 0. The van der Waals surface area contributed by atoms with E-state index in [1.165, 1.54) is 0 Å². The van der Waals surface area contributed by atoms with Crippen LogP contribution in [0, 0.1) is 0 Å². The van der Waals surface area contributed by atoms with Gasteiger partial charge < -0.3 is 15.9 Å². The molecule has 0 aliphatic rings. The largest absolute Gasteiger partial charge is 0.390 e. The van der Waals surface area contributed by atoms with Crippen molar-refractivity contribution in [1.82, 2.24) is 0 Å². The van der Waals surface area contributed by atoms with E-state index in [-0.39, 0.29) is 0 Å². The average Bonchev–Trinajstić information content (AvgIpc) is 2.37. The van der Waals surface area contributed by atoms with Gasteiger partial charge in [0.2, 0.25) is 0 Å². The van der Waals surface area contributed by atoms with Crippen LogP contribution in [0.1, 0.15) is 50.3 Å². The molecule has 0 amide bonds. The van der Waals surface area contributed by atoms with Crippen molar-refractivity contribution in [2.45, 2.75) is 51.2 Å². The zero-order valence-corrected chi connectivity index (χ0v) is 11.4. The molecule has 0 spiro atoms. The Bertz CT molecular complexity index is 363. The van der Waals surface area contributed by atoms with Crippen molar-refractivity contribution in [3.63, 3.8) is 0 Å². The van der Waals surface area contributed by atoms with Gasteiger partial charge in [0.15, 0.2) is 0 Å². The number of rotatable bonds is 7. The smallest absolute Gasteiger partial charge is 0.0802 e. The van der Waals surface area contributed by atoms with Gasteiger partial charge in [0.25, 0.3) is 0 Å². The van der Waals surface area contributed by atoms with E-state index in [1.54, 1.807) is 0 Å². The Morgan fingerprint density at radius 3 is 2.72 bits per heavy atom. The highest BCUT2D eigenvalue weighted by atomic mass is 16.3. The van der Waals surface area contributed by atoms with Crippen LogP contribution in [-0.2, 0) is 6.42 Å². The fraction of sp³-hybridized carbons (Fsp3) is 0.600. The zero-order chi connectivity index (χ0) is 13.6. The molecule has 0 saturated carbocycles. The van der Waals surface area contributed by atoms with Crippen LogP contribution in [0.15, 0.2) is 24.3 Å². The highest BCUT2D eigenvalue weighted by Gasteiger charge is 2.17. The first kappa shape index (κ1) is 15.2. The summed E-state index contributed by atoms with van der Waals surface area (Å²) in [5, 5.41) is 19.9. The zero-order valence-electron chi connectivity index (χ0n) is 11.4. The Labute approximate surface area is 110 Å². The Balaban J connectivity index is 2.65. The lowest BCUT2D eigenvalue weighted by molar-refractivity contribution is 0.0473. The number of hydrogen-bond donors (Lipinski definition) is 3. The second kappa shape index (κ2) is 6.88. The van der Waals surface area contributed by atoms with Gasteiger partial charge in [0.1, 0.15) is 0 Å². The third kappa shape index (κ3) is 4.77. The minimum absolute atomic E-state index is 0.482. The van der Waals surface area contributed by atoms with E-state index in [9.17, 15) is 10.2 Å². The van der Waals surface area contributed by atoms with E-state index in [0.717, 1.165) is 30.4 Å². The number of hydrogen-bond acceptors (Lipinski definition) is 3. The number of benzene rings is 1. The molecule has 102 valence electrons. The molecule has 2 unspecified atom stereocenters. The molecule has 0 fully saturated rings. The van der Waals surface area contributed by atoms with Crippen molar-refractivity contribution in [2.24, 2.45) is 5.73 Å². The standard InChI is InChI=1S/C15H25NO2/c1-3-15(2,18)9-7-12-5-4-6-13(11-12)14(17)8-10-16/h4-6,11,14,17-18H,3,7-10,16H2,1-2H3. The van der Waals surface area contributed by atoms with Crippen molar-refractivity contribution >= 4 is 0 Å². The normalized spacial score (nSPS) is 16.3. The predicted molar refractivity (Wildman–Crippen MR) is 74.3 cm³/mol. The van der Waals surface area contributed by atoms with Crippen LogP contribution in [0.2, 0.25) is 0 Å². The van der Waals surface area contributed by atoms with E-state index in [1.807, 2.05) is 38.1 Å². The lowest BCUT2D eigenvalue weighted by atomic mass is 9.93. The van der Waals surface area contributed by atoms with Crippen LogP contribution in [-0.4, -0.2) is 22.4 Å². The molecule has 2 atom stereocenters. The molecule has 18 heavy (non-hydrogen) atoms. The summed E-state index contributed by atoms with van der Waals surface area (Å²) >= 11 is 0. The van der Waals surface area contributed by atoms with Crippen molar-refractivity contribution in [1.29, 1.82) is 0 Å². The summed E-state index contributed by atoms with van der Waals surface area (Å²) in [4.78, 5) is 0. The summed E-state index contributed by atoms with van der Waals surface area (Å²) in [7, 11) is 0. The molecule has 3 nitrogen and oxygen atoms in total. The maximum Gasteiger partial charge on any atom is 0.0802 e. The number of aryl methyl sites for hydroxylation is 1. The summed E-state index contributed by atoms with van der Waals surface area (Å²) in [5.41, 5.74) is 6.90. The number of aliphatic hydroxyl groups is 2. The molecular weight excluding hydrogens is 226 g/mol. The van der Waals surface area contributed by atoms with Gasteiger partial charge in [-0.05, 0) is 50.3 Å². The third-order valence-electron chi connectivity index (χ3n) is 3.49. The van der Waals surface area contributed by atoms with Gasteiger partial charge in [-0.2, -0.15) is 0 Å². The van der Waals surface area contributed by atoms with E-state index >= 15 is 0 Å². The Morgan fingerprint density at radius 1 is 1.39 bits per heavy atom. The van der Waals surface area contributed by atoms with Crippen LogP contribution >= 0.6 is 0 Å². The summed E-state index contributed by atoms with van der Waals surface area (Å²) in [6.45, 7) is 4.33. The van der Waals surface area contributed by atoms with Crippen LogP contribution in [0.5, 0.6) is 0 Å². The SMILES string of the molecule is CCC(C)(O)CCc1cccc(C(O)CCN)c1. The highest BCUT2D eigenvalue weighted by Crippen LogP contribution is 2.21. The first-order chi connectivity index (χ1) is 8.48. The van der Waals surface area contributed by atoms with Crippen molar-refractivity contribution in [2.75, 3.05) is 6.54 Å². The van der Waals surface area contributed by atoms with E-state index in [0.29, 0.717) is 13.0 Å². The Morgan fingerprint density at radius 2 is 2.11 bits per heavy atom. The Hall–Kier alpha value is -0.900. The third-order valence-corrected chi connectivity index (χ3v) is 3.49. The molecule has 0 aliphatic heterocycles. The first-order valence-electron chi connectivity index (χ1n) is 6.68. The van der Waals surface area contributed by atoms with Crippen LogP contribution in [0.3, 0.4) is 0 Å². The van der Waals surface area contributed by atoms with Gasteiger partial charge in [-0.1, -0.05) is 31.2 Å². The predicted octanol–water partition coefficient (Wildman–Crippen LogP) is 2.16. The monoisotopic (exact) mass is 251 g/mol. The van der Waals surface area contributed by atoms with E-state index in [4.69, 9.17) is 5.73 Å². The molecule has 3 heteroatoms. The second-order valence-electron chi connectivity index (χ2n) is 5.19. The van der Waals surface area contributed by atoms with E-state index < -0.39 is 11.7 Å². The highest BCUT2D eigenvalue weighted by molar-refractivity contribution is 5.25. The molecule has 1 rings (SSSR count). The average molecular weight is 251 g/mol. The van der Waals surface area contributed by atoms with Crippen molar-refractivity contribution < 1.29 is 10.2 Å². The summed E-state index contributed by atoms with van der Waals surface area (Å²) in [6.07, 6.45) is 2.41. The van der Waals surface area contributed by atoms with Crippen molar-refractivity contribution in [3.8, 4) is 0 Å². The summed E-state index contributed by atoms with van der Waals surface area (Å²) in [6, 6.07) is 7.91. The molecular formula is C15H25NO2. The van der Waals surface area contributed by atoms with Gasteiger partial charge >= 0.3 is 0 Å². The molecule has 1 aromatic rings. The molecule has 0 bridgehead atoms. The van der Waals surface area contributed by atoms with Gasteiger partial charge in [-0.3, -0.25) is 0 Å². The molecule has 1 aromatic carbocycles. The van der Waals surface area contributed by atoms with Crippen LogP contribution in [0.4, 0.5) is 0 Å². The van der Waals surface area contributed by atoms with Gasteiger partial charge in [-0.15, -0.1) is 0 Å². The maximum atomic E-state index is 9.98. The fourth-order valence-electron chi connectivity index (χ4n) is 1.87. The molecule has 4 N–H and O–H groups in total. The van der Waals surface area contributed by atoms with Crippen LogP contribution < -0.4 is 5.73 Å². The minimum atomic E-state index is -0.605. The molecule has 0 heterocycles. The molecule has 0 saturated heterocycles. The first-order valence-corrected chi connectivity index (χ1v) is 6.68. The quantitative estimate of drug-likeness (QED) is 0.695. The molecule has 0 aliphatic carbocycles. The topological polar surface area (TPSA) is 66.5 Å². The molecule has 0 aromatic heterocycles. The Kier molecular flexibility index (Phi) is 5.79. The minimum Gasteiger partial charge on any atom is -0.390 e. The van der Waals surface area contributed by atoms with Gasteiger partial charge in [0.05, 0.1) is 11.7 Å². The lowest BCUT2D eigenvalue weighted by Crippen LogP contribution is -2.23. The summed E-state index contributed by atoms with van der Waals surface area (Å²) in [5.74, 6) is 0. The maximum absolute atomic E-state index is 9.98. The number of nitrogens with two attached hydrogens (primary N) is 1. The molecule has 0 radical (unpaired) electrons. The lowest BCUT2D eigenvalue weighted by Gasteiger charge is -2.21. The fourth-order valence-corrected chi connectivity index (χ4v) is 1.87. The van der Waals surface area contributed by atoms with Gasteiger partial charge in [0, 0.05) is 0 Å². The van der Waals surface area contributed by atoms with E-state index in [2.05, 4.69) is 0 Å². The van der Waals surface area contributed by atoms with Crippen molar-refractivity contribution in [3.05, 3.63) is 35.4 Å². The van der Waals surface area contributed by atoms with Gasteiger partial charge in [-0.25, -0.2) is 0 Å². The second-order valence-corrected chi connectivity index (χ2v) is 5.19.